The lowest BCUT2D eigenvalue weighted by Gasteiger charge is -2.45. The Balaban J connectivity index is 2.29. The zero-order chi connectivity index (χ0) is 11.8. The Kier molecular flexibility index (Phi) is 3.45. The van der Waals surface area contributed by atoms with E-state index >= 15 is 0 Å². The minimum Gasteiger partial charge on any atom is -0.388 e. The van der Waals surface area contributed by atoms with Crippen molar-refractivity contribution < 1.29 is 5.11 Å². The summed E-state index contributed by atoms with van der Waals surface area (Å²) in [5.74, 6) is 0. The van der Waals surface area contributed by atoms with Crippen LogP contribution in [-0.4, -0.2) is 11.7 Å². The fraction of sp³-hybridized carbons (Fsp3) is 0.500. The lowest BCUT2D eigenvalue weighted by molar-refractivity contribution is -0.0296. The fourth-order valence-corrected chi connectivity index (χ4v) is 2.85. The van der Waals surface area contributed by atoms with Crippen molar-refractivity contribution in [1.29, 1.82) is 0 Å². The monoisotopic (exact) mass is 259 g/mol. The molecular formula is C12H15Cl2NO. The number of aliphatic hydroxyl groups excluding tert-OH is 1. The highest BCUT2D eigenvalue weighted by Crippen LogP contribution is 2.49. The summed E-state index contributed by atoms with van der Waals surface area (Å²) < 4.78 is 0. The number of aliphatic hydroxyl groups is 1. The van der Waals surface area contributed by atoms with E-state index in [-0.39, 0.29) is 5.41 Å². The third kappa shape index (κ3) is 2.07. The molecule has 1 aromatic rings. The lowest BCUT2D eigenvalue weighted by atomic mass is 9.63. The van der Waals surface area contributed by atoms with Crippen LogP contribution in [0.3, 0.4) is 0 Å². The second kappa shape index (κ2) is 4.53. The number of benzene rings is 1. The summed E-state index contributed by atoms with van der Waals surface area (Å²) in [6, 6.07) is 5.18. The third-order valence-electron chi connectivity index (χ3n) is 3.54. The molecule has 4 heteroatoms. The van der Waals surface area contributed by atoms with Crippen molar-refractivity contribution in [1.82, 2.24) is 0 Å². The van der Waals surface area contributed by atoms with Crippen molar-refractivity contribution in [2.75, 3.05) is 6.54 Å². The Hall–Kier alpha value is -0.280. The molecule has 0 bridgehead atoms. The number of halogens is 2. The van der Waals surface area contributed by atoms with Gasteiger partial charge in [-0.25, -0.2) is 0 Å². The van der Waals surface area contributed by atoms with Crippen LogP contribution in [0.4, 0.5) is 0 Å². The number of hydrogen-bond acceptors (Lipinski definition) is 2. The van der Waals surface area contributed by atoms with Crippen LogP contribution >= 0.6 is 23.2 Å². The quantitative estimate of drug-likeness (QED) is 0.876. The average Bonchev–Trinajstić information content (AvgIpc) is 2.15. The van der Waals surface area contributed by atoms with E-state index in [4.69, 9.17) is 28.9 Å². The van der Waals surface area contributed by atoms with Gasteiger partial charge in [0.25, 0.3) is 0 Å². The van der Waals surface area contributed by atoms with E-state index in [0.717, 1.165) is 24.8 Å². The Morgan fingerprint density at radius 2 is 1.81 bits per heavy atom. The maximum absolute atomic E-state index is 10.3. The second-order valence-electron chi connectivity index (χ2n) is 4.53. The van der Waals surface area contributed by atoms with Crippen LogP contribution in [0.25, 0.3) is 0 Å². The molecule has 0 radical (unpaired) electrons. The first-order valence-corrected chi connectivity index (χ1v) is 6.17. The van der Waals surface area contributed by atoms with Gasteiger partial charge in [0, 0.05) is 22.0 Å². The Morgan fingerprint density at radius 3 is 2.19 bits per heavy atom. The van der Waals surface area contributed by atoms with Crippen molar-refractivity contribution in [2.45, 2.75) is 25.4 Å². The number of nitrogens with two attached hydrogens (primary N) is 1. The van der Waals surface area contributed by atoms with Gasteiger partial charge in [0.2, 0.25) is 0 Å². The van der Waals surface area contributed by atoms with E-state index in [1.165, 1.54) is 0 Å². The van der Waals surface area contributed by atoms with Gasteiger partial charge >= 0.3 is 0 Å². The molecule has 1 aromatic carbocycles. The van der Waals surface area contributed by atoms with Crippen LogP contribution in [0.5, 0.6) is 0 Å². The van der Waals surface area contributed by atoms with Gasteiger partial charge in [-0.2, -0.15) is 0 Å². The van der Waals surface area contributed by atoms with Crippen molar-refractivity contribution in [2.24, 2.45) is 11.1 Å². The maximum atomic E-state index is 10.3. The van der Waals surface area contributed by atoms with E-state index in [1.807, 2.05) is 0 Å². The number of hydrogen-bond donors (Lipinski definition) is 2. The maximum Gasteiger partial charge on any atom is 0.0859 e. The lowest BCUT2D eigenvalue weighted by Crippen LogP contribution is -2.42. The molecule has 3 N–H and O–H groups in total. The van der Waals surface area contributed by atoms with Gasteiger partial charge in [0.05, 0.1) is 6.10 Å². The summed E-state index contributed by atoms with van der Waals surface area (Å²) in [5.41, 5.74) is 6.35. The van der Waals surface area contributed by atoms with E-state index in [0.29, 0.717) is 16.6 Å². The first-order chi connectivity index (χ1) is 7.57. The first-order valence-electron chi connectivity index (χ1n) is 5.41. The summed E-state index contributed by atoms with van der Waals surface area (Å²) in [6.07, 6.45) is 2.49. The summed E-state index contributed by atoms with van der Waals surface area (Å²) in [5, 5.41) is 11.4. The highest BCUT2D eigenvalue weighted by Gasteiger charge is 2.42. The van der Waals surface area contributed by atoms with Crippen LogP contribution in [0.2, 0.25) is 10.0 Å². The van der Waals surface area contributed by atoms with Gasteiger partial charge in [0.1, 0.15) is 0 Å². The predicted molar refractivity (Wildman–Crippen MR) is 66.8 cm³/mol. The van der Waals surface area contributed by atoms with Crippen LogP contribution in [0, 0.1) is 5.41 Å². The highest BCUT2D eigenvalue weighted by molar-refractivity contribution is 6.34. The summed E-state index contributed by atoms with van der Waals surface area (Å²) >= 11 is 11.8. The largest absolute Gasteiger partial charge is 0.388 e. The van der Waals surface area contributed by atoms with E-state index in [2.05, 4.69) is 0 Å². The van der Waals surface area contributed by atoms with Gasteiger partial charge in [-0.05, 0) is 36.6 Å². The minimum absolute atomic E-state index is 0.173. The molecular weight excluding hydrogens is 245 g/mol. The molecule has 0 amide bonds. The fourth-order valence-electron chi connectivity index (χ4n) is 2.31. The van der Waals surface area contributed by atoms with Crippen molar-refractivity contribution in [3.05, 3.63) is 33.8 Å². The predicted octanol–water partition coefficient (Wildman–Crippen LogP) is 3.16. The highest BCUT2D eigenvalue weighted by atomic mass is 35.5. The van der Waals surface area contributed by atoms with Crippen LogP contribution < -0.4 is 5.73 Å². The molecule has 88 valence electrons. The Morgan fingerprint density at radius 1 is 1.25 bits per heavy atom. The molecule has 0 aliphatic heterocycles. The molecule has 1 aliphatic carbocycles. The van der Waals surface area contributed by atoms with Crippen molar-refractivity contribution in [3.8, 4) is 0 Å². The van der Waals surface area contributed by atoms with E-state index < -0.39 is 6.10 Å². The molecule has 2 rings (SSSR count). The summed E-state index contributed by atoms with van der Waals surface area (Å²) in [4.78, 5) is 0. The normalized spacial score (nSPS) is 20.2. The first kappa shape index (κ1) is 12.2. The van der Waals surface area contributed by atoms with E-state index in [9.17, 15) is 5.11 Å². The molecule has 2 nitrogen and oxygen atoms in total. The van der Waals surface area contributed by atoms with Gasteiger partial charge in [0.15, 0.2) is 0 Å². The number of rotatable bonds is 3. The minimum atomic E-state index is -0.567. The topological polar surface area (TPSA) is 46.2 Å². The Labute approximate surface area is 105 Å². The molecule has 1 fully saturated rings. The van der Waals surface area contributed by atoms with Crippen LogP contribution in [-0.2, 0) is 0 Å². The molecule has 0 spiro atoms. The molecule has 0 aromatic heterocycles. The van der Waals surface area contributed by atoms with Crippen molar-refractivity contribution >= 4 is 23.2 Å². The summed E-state index contributed by atoms with van der Waals surface area (Å²) in [6.45, 7) is 0.498. The zero-order valence-corrected chi connectivity index (χ0v) is 10.4. The standard InChI is InChI=1S/C12H15Cl2NO/c13-9-4-8(5-10(14)6-9)11(16)12(7-15)2-1-3-12/h4-6,11,16H,1-3,7,15H2. The SMILES string of the molecule is NCC1(C(O)c2cc(Cl)cc(Cl)c2)CCC1. The summed E-state index contributed by atoms with van der Waals surface area (Å²) in [7, 11) is 0. The Bertz CT molecular complexity index is 365. The third-order valence-corrected chi connectivity index (χ3v) is 3.97. The molecule has 1 unspecified atom stereocenters. The van der Waals surface area contributed by atoms with E-state index in [1.54, 1.807) is 18.2 Å². The second-order valence-corrected chi connectivity index (χ2v) is 5.40. The van der Waals surface area contributed by atoms with Gasteiger partial charge < -0.3 is 10.8 Å². The molecule has 0 heterocycles. The van der Waals surface area contributed by atoms with Gasteiger partial charge in [-0.3, -0.25) is 0 Å². The van der Waals surface area contributed by atoms with Crippen LogP contribution in [0.1, 0.15) is 30.9 Å². The van der Waals surface area contributed by atoms with Crippen molar-refractivity contribution in [3.63, 3.8) is 0 Å². The molecule has 1 aliphatic rings. The average molecular weight is 260 g/mol. The van der Waals surface area contributed by atoms with Gasteiger partial charge in [-0.15, -0.1) is 0 Å². The molecule has 1 atom stereocenters. The molecule has 0 saturated heterocycles. The zero-order valence-electron chi connectivity index (χ0n) is 8.92. The van der Waals surface area contributed by atoms with Crippen LogP contribution in [0.15, 0.2) is 18.2 Å². The molecule has 16 heavy (non-hydrogen) atoms. The smallest absolute Gasteiger partial charge is 0.0859 e. The van der Waals surface area contributed by atoms with Gasteiger partial charge in [-0.1, -0.05) is 29.6 Å². The molecule has 1 saturated carbocycles.